The maximum absolute atomic E-state index is 12.6. The first kappa shape index (κ1) is 27.2. The minimum atomic E-state index is -0.453. The van der Waals surface area contributed by atoms with E-state index in [1.54, 1.807) is 30.3 Å². The van der Waals surface area contributed by atoms with Crippen LogP contribution < -0.4 is 10.6 Å². The van der Waals surface area contributed by atoms with E-state index in [0.29, 0.717) is 21.4 Å². The van der Waals surface area contributed by atoms with Gasteiger partial charge in [0.05, 0.1) is 10.0 Å². The second-order valence-corrected chi connectivity index (χ2v) is 9.55. The average Bonchev–Trinajstić information content (AvgIpc) is 3.34. The molecule has 0 spiro atoms. The Morgan fingerprint density at radius 3 is 2.31 bits per heavy atom. The van der Waals surface area contributed by atoms with Crippen molar-refractivity contribution in [2.24, 2.45) is 0 Å². The van der Waals surface area contributed by atoms with E-state index in [2.05, 4.69) is 41.5 Å². The average molecular weight is 533 g/mol. The molecular formula is C27H31Cl2N3O2S. The first-order valence-electron chi connectivity index (χ1n) is 11.9. The third-order valence-corrected chi connectivity index (χ3v) is 6.57. The van der Waals surface area contributed by atoms with Gasteiger partial charge in [-0.25, -0.2) is 0 Å². The Kier molecular flexibility index (Phi) is 10.6. The number of benzene rings is 2. The molecule has 186 valence electrons. The Labute approximate surface area is 222 Å². The molecular weight excluding hydrogens is 501 g/mol. The number of anilines is 1. The van der Waals surface area contributed by atoms with Gasteiger partial charge in [-0.2, -0.15) is 0 Å². The number of thiocarbonyl (C=S) groups is 1. The van der Waals surface area contributed by atoms with Crippen LogP contribution in [-0.4, -0.2) is 29.0 Å². The minimum absolute atomic E-state index is 0.120. The molecule has 0 aliphatic carbocycles. The monoisotopic (exact) mass is 531 g/mol. The highest BCUT2D eigenvalue weighted by molar-refractivity contribution is 7.80. The van der Waals surface area contributed by atoms with Gasteiger partial charge in [-0.05, 0) is 80.1 Å². The summed E-state index contributed by atoms with van der Waals surface area (Å²) in [6.45, 7) is 7.61. The third kappa shape index (κ3) is 8.07. The van der Waals surface area contributed by atoms with Crippen LogP contribution >= 0.6 is 35.4 Å². The largest absolute Gasteiger partial charge is 0.451 e. The molecule has 5 nitrogen and oxygen atoms in total. The smallest absolute Gasteiger partial charge is 0.293 e. The number of nitrogens with one attached hydrogen (secondary N) is 2. The first-order valence-corrected chi connectivity index (χ1v) is 13.1. The number of hydrogen-bond donors (Lipinski definition) is 2. The van der Waals surface area contributed by atoms with Gasteiger partial charge >= 0.3 is 0 Å². The second-order valence-electron chi connectivity index (χ2n) is 8.35. The fraction of sp³-hybridized carbons (Fsp3) is 0.333. The van der Waals surface area contributed by atoms with Crippen molar-refractivity contribution < 1.29 is 9.21 Å². The van der Waals surface area contributed by atoms with E-state index in [-0.39, 0.29) is 10.9 Å². The zero-order valence-electron chi connectivity index (χ0n) is 20.1. The maximum Gasteiger partial charge on any atom is 0.293 e. The van der Waals surface area contributed by atoms with Gasteiger partial charge in [0.25, 0.3) is 5.91 Å². The fourth-order valence-corrected chi connectivity index (χ4v) is 4.22. The van der Waals surface area contributed by atoms with Crippen molar-refractivity contribution in [3.8, 4) is 11.3 Å². The molecule has 0 fully saturated rings. The summed E-state index contributed by atoms with van der Waals surface area (Å²) in [6, 6.07) is 16.6. The van der Waals surface area contributed by atoms with E-state index < -0.39 is 5.91 Å². The Morgan fingerprint density at radius 2 is 1.66 bits per heavy atom. The van der Waals surface area contributed by atoms with Gasteiger partial charge in [-0.15, -0.1) is 0 Å². The van der Waals surface area contributed by atoms with Crippen LogP contribution in [0.15, 0.2) is 59.0 Å². The summed E-state index contributed by atoms with van der Waals surface area (Å²) in [5.74, 6) is 0.116. The van der Waals surface area contributed by atoms with Crippen molar-refractivity contribution in [3.05, 3.63) is 76.0 Å². The number of carbonyl (C=O) groups is 1. The SMILES string of the molecule is CCCCN(CCCC)Cc1ccc(NC(=S)NC(=O)c2ccc(-c3cccc(Cl)c3Cl)o2)cc1. The van der Waals surface area contributed by atoms with Gasteiger partial charge in [0.1, 0.15) is 5.76 Å². The zero-order chi connectivity index (χ0) is 25.2. The minimum Gasteiger partial charge on any atom is -0.451 e. The van der Waals surface area contributed by atoms with Crippen LogP contribution in [0.25, 0.3) is 11.3 Å². The number of hydrogen-bond acceptors (Lipinski definition) is 4. The number of amides is 1. The van der Waals surface area contributed by atoms with Crippen LogP contribution in [0.4, 0.5) is 5.69 Å². The summed E-state index contributed by atoms with van der Waals surface area (Å²) in [4.78, 5) is 15.1. The van der Waals surface area contributed by atoms with Gasteiger partial charge in [-0.3, -0.25) is 15.0 Å². The fourth-order valence-electron chi connectivity index (χ4n) is 3.61. The standard InChI is InChI=1S/C27H31Cl2N3O2S/c1-3-5-16-32(17-6-4-2)18-19-10-12-20(13-11-19)30-27(35)31-26(33)24-15-14-23(34-24)21-8-7-9-22(28)25(21)29/h7-15H,3-6,16-18H2,1-2H3,(H2,30,31,33,35). The highest BCUT2D eigenvalue weighted by Crippen LogP contribution is 2.34. The molecule has 2 N–H and O–H groups in total. The van der Waals surface area contributed by atoms with Crippen LogP contribution in [0.5, 0.6) is 0 Å². The molecule has 0 atom stereocenters. The molecule has 0 aliphatic rings. The van der Waals surface area contributed by atoms with Gasteiger partial charge in [0, 0.05) is 17.8 Å². The molecule has 0 saturated carbocycles. The molecule has 1 aromatic heterocycles. The normalized spacial score (nSPS) is 11.0. The maximum atomic E-state index is 12.6. The lowest BCUT2D eigenvalue weighted by Gasteiger charge is -2.22. The van der Waals surface area contributed by atoms with Gasteiger partial charge in [0.2, 0.25) is 0 Å². The molecule has 3 aromatic rings. The van der Waals surface area contributed by atoms with E-state index in [1.807, 2.05) is 12.1 Å². The highest BCUT2D eigenvalue weighted by Gasteiger charge is 2.16. The molecule has 0 bridgehead atoms. The Morgan fingerprint density at radius 1 is 0.971 bits per heavy atom. The Bertz CT molecular complexity index is 1120. The van der Waals surface area contributed by atoms with Crippen LogP contribution in [0.2, 0.25) is 10.0 Å². The summed E-state index contributed by atoms with van der Waals surface area (Å²) < 4.78 is 5.68. The first-order chi connectivity index (χ1) is 16.9. The summed E-state index contributed by atoms with van der Waals surface area (Å²) in [6.07, 6.45) is 4.81. The summed E-state index contributed by atoms with van der Waals surface area (Å²) >= 11 is 17.6. The Balaban J connectivity index is 1.55. The van der Waals surface area contributed by atoms with Crippen molar-refractivity contribution in [3.63, 3.8) is 0 Å². The van der Waals surface area contributed by atoms with Crippen LogP contribution in [0.1, 0.15) is 55.6 Å². The second kappa shape index (κ2) is 13.6. The lowest BCUT2D eigenvalue weighted by Crippen LogP contribution is -2.33. The quantitative estimate of drug-likeness (QED) is 0.247. The number of carbonyl (C=O) groups excluding carboxylic acids is 1. The van der Waals surface area contributed by atoms with Crippen LogP contribution in [-0.2, 0) is 6.54 Å². The molecule has 0 radical (unpaired) electrons. The van der Waals surface area contributed by atoms with Crippen LogP contribution in [0, 0.1) is 0 Å². The van der Waals surface area contributed by atoms with Crippen LogP contribution in [0.3, 0.4) is 0 Å². The molecule has 3 rings (SSSR count). The molecule has 0 aliphatic heterocycles. The van der Waals surface area contributed by atoms with Crippen molar-refractivity contribution >= 4 is 52.1 Å². The summed E-state index contributed by atoms with van der Waals surface area (Å²) in [5, 5.41) is 6.68. The molecule has 0 unspecified atom stereocenters. The molecule has 1 amide bonds. The lowest BCUT2D eigenvalue weighted by atomic mass is 10.1. The highest BCUT2D eigenvalue weighted by atomic mass is 35.5. The van der Waals surface area contributed by atoms with Crippen molar-refractivity contribution in [1.29, 1.82) is 0 Å². The molecule has 1 heterocycles. The Hall–Kier alpha value is -2.38. The van der Waals surface area contributed by atoms with E-state index in [9.17, 15) is 4.79 Å². The van der Waals surface area contributed by atoms with Gasteiger partial charge < -0.3 is 9.73 Å². The van der Waals surface area contributed by atoms with E-state index in [0.717, 1.165) is 25.3 Å². The number of rotatable bonds is 11. The van der Waals surface area contributed by atoms with Gasteiger partial charge in [-0.1, -0.05) is 68.1 Å². The molecule has 8 heteroatoms. The third-order valence-electron chi connectivity index (χ3n) is 5.55. The van der Waals surface area contributed by atoms with Crippen molar-refractivity contribution in [2.75, 3.05) is 18.4 Å². The zero-order valence-corrected chi connectivity index (χ0v) is 22.4. The van der Waals surface area contributed by atoms with E-state index in [1.165, 1.54) is 31.2 Å². The number of furan rings is 1. The van der Waals surface area contributed by atoms with E-state index >= 15 is 0 Å². The van der Waals surface area contributed by atoms with Crippen molar-refractivity contribution in [1.82, 2.24) is 10.2 Å². The molecule has 0 saturated heterocycles. The van der Waals surface area contributed by atoms with E-state index in [4.69, 9.17) is 39.8 Å². The predicted octanol–water partition coefficient (Wildman–Crippen LogP) is 7.78. The molecule has 2 aromatic carbocycles. The topological polar surface area (TPSA) is 57.5 Å². The summed E-state index contributed by atoms with van der Waals surface area (Å²) in [5.41, 5.74) is 2.67. The van der Waals surface area contributed by atoms with Gasteiger partial charge in [0.15, 0.2) is 10.9 Å². The molecule has 35 heavy (non-hydrogen) atoms. The summed E-state index contributed by atoms with van der Waals surface area (Å²) in [7, 11) is 0. The predicted molar refractivity (Wildman–Crippen MR) is 149 cm³/mol. The number of unbranched alkanes of at least 4 members (excludes halogenated alkanes) is 2. The lowest BCUT2D eigenvalue weighted by molar-refractivity contribution is 0.0951. The van der Waals surface area contributed by atoms with Crippen molar-refractivity contribution in [2.45, 2.75) is 46.1 Å². The number of halogens is 2. The number of nitrogens with zero attached hydrogens (tertiary/aromatic N) is 1.